The lowest BCUT2D eigenvalue weighted by molar-refractivity contribution is -0.129. The molecule has 3 heterocycles. The van der Waals surface area contributed by atoms with E-state index in [1.165, 1.54) is 0 Å². The maximum atomic E-state index is 13.2. The van der Waals surface area contributed by atoms with Crippen molar-refractivity contribution < 1.29 is 18.8 Å². The minimum atomic E-state index is -0.769. The van der Waals surface area contributed by atoms with Crippen molar-refractivity contribution in [2.45, 2.75) is 58.7 Å². The van der Waals surface area contributed by atoms with Gasteiger partial charge in [0.15, 0.2) is 11.5 Å². The van der Waals surface area contributed by atoms with Gasteiger partial charge in [-0.1, -0.05) is 38.1 Å². The van der Waals surface area contributed by atoms with Crippen molar-refractivity contribution in [3.05, 3.63) is 65.7 Å². The van der Waals surface area contributed by atoms with Crippen LogP contribution in [0.2, 0.25) is 0 Å². The van der Waals surface area contributed by atoms with Gasteiger partial charge in [-0.05, 0) is 62.9 Å². The molecule has 8 heteroatoms. The fraction of sp³-hybridized carbons (Fsp3) is 0.429. The predicted molar refractivity (Wildman–Crippen MR) is 137 cm³/mol. The molecular weight excluding hydrogens is 456 g/mol. The summed E-state index contributed by atoms with van der Waals surface area (Å²) in [5.74, 6) is -0.501. The molecule has 36 heavy (non-hydrogen) atoms. The van der Waals surface area contributed by atoms with E-state index in [0.717, 1.165) is 29.7 Å². The average Bonchev–Trinajstić information content (AvgIpc) is 3.19. The van der Waals surface area contributed by atoms with E-state index in [-0.39, 0.29) is 29.9 Å². The number of likely N-dealkylation sites (tertiary alicyclic amines) is 1. The van der Waals surface area contributed by atoms with Gasteiger partial charge >= 0.3 is 0 Å². The first-order chi connectivity index (χ1) is 17.3. The van der Waals surface area contributed by atoms with Crippen molar-refractivity contribution in [1.29, 1.82) is 0 Å². The number of hydrogen-bond donors (Lipinski definition) is 2. The van der Waals surface area contributed by atoms with E-state index in [9.17, 15) is 14.4 Å². The highest BCUT2D eigenvalue weighted by molar-refractivity contribution is 5.99. The molecule has 2 N–H and O–H groups in total. The van der Waals surface area contributed by atoms with Crippen LogP contribution >= 0.6 is 0 Å². The molecule has 8 nitrogen and oxygen atoms in total. The summed E-state index contributed by atoms with van der Waals surface area (Å²) in [7, 11) is 0. The topological polar surface area (TPSA) is 105 Å². The van der Waals surface area contributed by atoms with Gasteiger partial charge in [0.05, 0.1) is 18.3 Å². The highest BCUT2D eigenvalue weighted by atomic mass is 16.3. The fourth-order valence-corrected chi connectivity index (χ4v) is 4.59. The first kappa shape index (κ1) is 25.6. The first-order valence-corrected chi connectivity index (χ1v) is 12.6. The molecule has 1 aliphatic heterocycles. The molecule has 190 valence electrons. The normalized spacial score (nSPS) is 17.7. The average molecular weight is 491 g/mol. The second-order valence-electron chi connectivity index (χ2n) is 9.95. The quantitative estimate of drug-likeness (QED) is 0.500. The van der Waals surface area contributed by atoms with Gasteiger partial charge in [0.25, 0.3) is 5.91 Å². The number of para-hydroxylation sites is 1. The van der Waals surface area contributed by atoms with Gasteiger partial charge in [-0.25, -0.2) is 0 Å². The largest absolute Gasteiger partial charge is 0.451 e. The predicted octanol–water partition coefficient (Wildman–Crippen LogP) is 3.63. The molecule has 4 rings (SSSR count). The molecule has 1 aliphatic rings. The summed E-state index contributed by atoms with van der Waals surface area (Å²) in [5.41, 5.74) is 2.48. The van der Waals surface area contributed by atoms with Crippen LogP contribution < -0.4 is 10.6 Å². The number of hydrogen-bond acceptors (Lipinski definition) is 6. The molecule has 1 fully saturated rings. The van der Waals surface area contributed by atoms with Gasteiger partial charge in [0.2, 0.25) is 5.91 Å². The van der Waals surface area contributed by atoms with Gasteiger partial charge < -0.3 is 15.1 Å². The van der Waals surface area contributed by atoms with Gasteiger partial charge in [0, 0.05) is 17.6 Å². The molecule has 0 saturated carbocycles. The van der Waals surface area contributed by atoms with E-state index in [1.807, 2.05) is 57.2 Å². The SMILES string of the molecule is Cc1cccc(CN2CCC[C@H](NC(=O)C(CC(C)C)NC(=O)c3cc4ccccc4o3)C(=O)C2)n1. The number of nitrogens with one attached hydrogen (secondary N) is 2. The van der Waals surface area contributed by atoms with Crippen molar-refractivity contribution in [3.63, 3.8) is 0 Å². The van der Waals surface area contributed by atoms with Crippen molar-refractivity contribution in [1.82, 2.24) is 20.5 Å². The second kappa shape index (κ2) is 11.5. The van der Waals surface area contributed by atoms with Crippen LogP contribution in [0.3, 0.4) is 0 Å². The summed E-state index contributed by atoms with van der Waals surface area (Å²) in [6.45, 7) is 7.52. The minimum absolute atomic E-state index is 0.0274. The number of fused-ring (bicyclic) bond motifs is 1. The van der Waals surface area contributed by atoms with Crippen LogP contribution in [0.15, 0.2) is 52.9 Å². The molecule has 0 radical (unpaired) electrons. The molecule has 3 aromatic rings. The zero-order valence-corrected chi connectivity index (χ0v) is 21.1. The summed E-state index contributed by atoms with van der Waals surface area (Å²) >= 11 is 0. The summed E-state index contributed by atoms with van der Waals surface area (Å²) in [4.78, 5) is 45.8. The smallest absolute Gasteiger partial charge is 0.287 e. The lowest BCUT2D eigenvalue weighted by Gasteiger charge is -2.23. The van der Waals surface area contributed by atoms with Crippen LogP contribution in [0.4, 0.5) is 0 Å². The highest BCUT2D eigenvalue weighted by Gasteiger charge is 2.30. The Hall–Kier alpha value is -3.52. The van der Waals surface area contributed by atoms with Gasteiger partial charge in [-0.15, -0.1) is 0 Å². The monoisotopic (exact) mass is 490 g/mol. The molecule has 0 bridgehead atoms. The maximum absolute atomic E-state index is 13.2. The number of nitrogens with zero attached hydrogens (tertiary/aromatic N) is 2. The van der Waals surface area contributed by atoms with Crippen molar-refractivity contribution in [3.8, 4) is 0 Å². The van der Waals surface area contributed by atoms with E-state index >= 15 is 0 Å². The van der Waals surface area contributed by atoms with Gasteiger partial charge in [0.1, 0.15) is 11.6 Å². The first-order valence-electron chi connectivity index (χ1n) is 12.6. The summed E-state index contributed by atoms with van der Waals surface area (Å²) in [6, 6.07) is 13.6. The van der Waals surface area contributed by atoms with Crippen molar-refractivity contribution >= 4 is 28.6 Å². The number of rotatable bonds is 8. The second-order valence-corrected chi connectivity index (χ2v) is 9.95. The third-order valence-electron chi connectivity index (χ3n) is 6.36. The Labute approximate surface area is 211 Å². The van der Waals surface area contributed by atoms with Crippen LogP contribution in [-0.2, 0) is 16.1 Å². The van der Waals surface area contributed by atoms with Crippen molar-refractivity contribution in [2.24, 2.45) is 5.92 Å². The summed E-state index contributed by atoms with van der Waals surface area (Å²) in [5, 5.41) is 6.55. The number of Topliss-reactive ketones (excluding diaryl/α,β-unsaturated/α-hetero) is 1. The third-order valence-corrected chi connectivity index (χ3v) is 6.36. The third kappa shape index (κ3) is 6.57. The standard InChI is InChI=1S/C28H34N4O4/c1-18(2)14-23(31-28(35)26-15-20-9-4-5-12-25(20)36-26)27(34)30-22-11-7-13-32(17-24(22)33)16-21-10-6-8-19(3)29-21/h4-6,8-10,12,15,18,22-23H,7,11,13-14,16-17H2,1-3H3,(H,30,34)(H,31,35)/t22-,23?/m0/s1. The molecule has 0 aliphatic carbocycles. The molecule has 0 spiro atoms. The number of aryl methyl sites for hydroxylation is 1. The number of pyridine rings is 1. The zero-order valence-electron chi connectivity index (χ0n) is 21.1. The Morgan fingerprint density at radius 3 is 2.72 bits per heavy atom. The lowest BCUT2D eigenvalue weighted by atomic mass is 10.0. The van der Waals surface area contributed by atoms with E-state index in [1.54, 1.807) is 12.1 Å². The number of carbonyl (C=O) groups is 3. The minimum Gasteiger partial charge on any atom is -0.451 e. The van der Waals surface area contributed by atoms with Gasteiger partial charge in [-0.3, -0.25) is 24.3 Å². The van der Waals surface area contributed by atoms with Crippen LogP contribution in [0, 0.1) is 12.8 Å². The molecule has 1 aromatic carbocycles. The number of aromatic nitrogens is 1. The Bertz CT molecular complexity index is 1200. The van der Waals surface area contributed by atoms with E-state index < -0.39 is 18.0 Å². The number of furan rings is 1. The molecule has 1 saturated heterocycles. The number of ketones is 1. The Morgan fingerprint density at radius 1 is 1.17 bits per heavy atom. The molecule has 2 atom stereocenters. The number of carbonyl (C=O) groups excluding carboxylic acids is 3. The van der Waals surface area contributed by atoms with E-state index in [2.05, 4.69) is 20.5 Å². The number of benzene rings is 1. The van der Waals surface area contributed by atoms with Crippen LogP contribution in [0.25, 0.3) is 11.0 Å². The lowest BCUT2D eigenvalue weighted by Crippen LogP contribution is -2.52. The van der Waals surface area contributed by atoms with Crippen LogP contribution in [0.1, 0.15) is 55.1 Å². The Morgan fingerprint density at radius 2 is 1.97 bits per heavy atom. The Balaban J connectivity index is 1.39. The van der Waals surface area contributed by atoms with Gasteiger partial charge in [-0.2, -0.15) is 0 Å². The van der Waals surface area contributed by atoms with E-state index in [0.29, 0.717) is 25.0 Å². The molecule has 2 amide bonds. The summed E-state index contributed by atoms with van der Waals surface area (Å²) in [6.07, 6.45) is 1.79. The van der Waals surface area contributed by atoms with E-state index in [4.69, 9.17) is 4.42 Å². The highest BCUT2D eigenvalue weighted by Crippen LogP contribution is 2.19. The fourth-order valence-electron chi connectivity index (χ4n) is 4.59. The van der Waals surface area contributed by atoms with Crippen molar-refractivity contribution in [2.75, 3.05) is 13.1 Å². The molecule has 1 unspecified atom stereocenters. The van der Waals surface area contributed by atoms with Crippen LogP contribution in [-0.4, -0.2) is 52.7 Å². The number of amides is 2. The zero-order chi connectivity index (χ0) is 25.7. The summed E-state index contributed by atoms with van der Waals surface area (Å²) < 4.78 is 5.66. The van der Waals surface area contributed by atoms with Crippen LogP contribution in [0.5, 0.6) is 0 Å². The molecule has 2 aromatic heterocycles. The Kier molecular flexibility index (Phi) is 8.15. The molecular formula is C28H34N4O4. The maximum Gasteiger partial charge on any atom is 0.287 e.